The van der Waals surface area contributed by atoms with E-state index in [1.165, 1.54) is 11.9 Å². The number of nitrogens with one attached hydrogen (secondary N) is 1. The van der Waals surface area contributed by atoms with Crippen LogP contribution in [-0.2, 0) is 4.79 Å². The summed E-state index contributed by atoms with van der Waals surface area (Å²) in [5, 5.41) is 19.8. The Bertz CT molecular complexity index is 446. The van der Waals surface area contributed by atoms with Crippen LogP contribution in [0.2, 0.25) is 0 Å². The molecule has 1 rings (SSSR count). The van der Waals surface area contributed by atoms with Crippen LogP contribution in [0.3, 0.4) is 0 Å². The first-order chi connectivity index (χ1) is 8.95. The van der Waals surface area contributed by atoms with E-state index in [2.05, 4.69) is 5.32 Å². The molecule has 7 heteroatoms. The summed E-state index contributed by atoms with van der Waals surface area (Å²) < 4.78 is 5.00. The van der Waals surface area contributed by atoms with Gasteiger partial charge in [-0.15, -0.1) is 0 Å². The Morgan fingerprint density at radius 3 is 2.42 bits per heavy atom. The number of urea groups is 1. The summed E-state index contributed by atoms with van der Waals surface area (Å²) in [7, 11) is 3.07. The van der Waals surface area contributed by atoms with E-state index in [0.29, 0.717) is 11.4 Å². The fourth-order valence-corrected chi connectivity index (χ4v) is 1.31. The lowest BCUT2D eigenvalue weighted by molar-refractivity contribution is -0.146. The number of aliphatic hydroxyl groups is 1. The number of carbonyl (C=O) groups excluding carboxylic acids is 1. The molecule has 1 atom stereocenters. The lowest BCUT2D eigenvalue weighted by Gasteiger charge is -2.18. The molecule has 0 aliphatic carbocycles. The van der Waals surface area contributed by atoms with Crippen molar-refractivity contribution in [2.45, 2.75) is 6.10 Å². The van der Waals surface area contributed by atoms with E-state index in [4.69, 9.17) is 14.9 Å². The highest BCUT2D eigenvalue weighted by molar-refractivity contribution is 5.91. The number of ether oxygens (including phenoxy) is 1. The van der Waals surface area contributed by atoms with Crippen LogP contribution in [0.15, 0.2) is 24.3 Å². The molecule has 0 spiro atoms. The number of carbonyl (C=O) groups is 2. The van der Waals surface area contributed by atoms with E-state index in [1.807, 2.05) is 0 Å². The number of anilines is 1. The van der Waals surface area contributed by atoms with Crippen molar-refractivity contribution in [1.82, 2.24) is 5.32 Å². The average molecular weight is 268 g/mol. The number of carboxylic acids is 1. The Balaban J connectivity index is 2.58. The second-order valence-electron chi connectivity index (χ2n) is 3.80. The second kappa shape index (κ2) is 6.60. The highest BCUT2D eigenvalue weighted by Gasteiger charge is 2.16. The standard InChI is InChI=1S/C12H16N2O5/c1-14(8-3-5-9(19-2)6-4-8)12(18)13-7-10(15)11(16)17/h3-6,10,15H,7H2,1-2H3,(H,13,18)(H,16,17). The molecule has 2 amide bonds. The first-order valence-electron chi connectivity index (χ1n) is 5.52. The average Bonchev–Trinajstić information content (AvgIpc) is 2.43. The minimum absolute atomic E-state index is 0.353. The molecule has 19 heavy (non-hydrogen) atoms. The Kier molecular flexibility index (Phi) is 5.13. The topological polar surface area (TPSA) is 99.1 Å². The van der Waals surface area contributed by atoms with E-state index in [-0.39, 0.29) is 6.54 Å². The predicted octanol–water partition coefficient (Wildman–Crippen LogP) is 0.286. The molecule has 0 fully saturated rings. The van der Waals surface area contributed by atoms with Crippen molar-refractivity contribution in [3.05, 3.63) is 24.3 Å². The summed E-state index contributed by atoms with van der Waals surface area (Å²) in [5.74, 6) is -0.716. The molecule has 1 unspecified atom stereocenters. The van der Waals surface area contributed by atoms with Crippen LogP contribution in [0.25, 0.3) is 0 Å². The van der Waals surface area contributed by atoms with E-state index in [0.717, 1.165) is 0 Å². The number of hydrogen-bond acceptors (Lipinski definition) is 4. The molecule has 1 aromatic rings. The van der Waals surface area contributed by atoms with E-state index >= 15 is 0 Å². The molecule has 3 N–H and O–H groups in total. The zero-order chi connectivity index (χ0) is 14.4. The highest BCUT2D eigenvalue weighted by Crippen LogP contribution is 2.17. The van der Waals surface area contributed by atoms with Gasteiger partial charge in [0.2, 0.25) is 0 Å². The third-order valence-electron chi connectivity index (χ3n) is 2.50. The molecule has 104 valence electrons. The van der Waals surface area contributed by atoms with Gasteiger partial charge in [-0.3, -0.25) is 4.90 Å². The van der Waals surface area contributed by atoms with Crippen molar-refractivity contribution in [1.29, 1.82) is 0 Å². The monoisotopic (exact) mass is 268 g/mol. The van der Waals surface area contributed by atoms with Gasteiger partial charge in [0.15, 0.2) is 6.10 Å². The maximum absolute atomic E-state index is 11.7. The number of hydrogen-bond donors (Lipinski definition) is 3. The fraction of sp³-hybridized carbons (Fsp3) is 0.333. The van der Waals surface area contributed by atoms with Gasteiger partial charge in [-0.1, -0.05) is 0 Å². The summed E-state index contributed by atoms with van der Waals surface area (Å²) in [6.45, 7) is -0.353. The first kappa shape index (κ1) is 14.8. The van der Waals surface area contributed by atoms with Gasteiger partial charge in [-0.05, 0) is 24.3 Å². The summed E-state index contributed by atoms with van der Waals surface area (Å²) in [4.78, 5) is 23.4. The van der Waals surface area contributed by atoms with Gasteiger partial charge in [-0.25, -0.2) is 9.59 Å². The molecule has 1 aromatic carbocycles. The van der Waals surface area contributed by atoms with Gasteiger partial charge < -0.3 is 20.3 Å². The Labute approximate surface area is 110 Å². The number of amides is 2. The zero-order valence-electron chi connectivity index (χ0n) is 10.7. The third kappa shape index (κ3) is 4.14. The van der Waals surface area contributed by atoms with Crippen LogP contribution in [0.5, 0.6) is 5.75 Å². The van der Waals surface area contributed by atoms with Crippen molar-refractivity contribution in [2.75, 3.05) is 25.6 Å². The van der Waals surface area contributed by atoms with E-state index in [9.17, 15) is 9.59 Å². The number of rotatable bonds is 5. The smallest absolute Gasteiger partial charge is 0.334 e. The molecule has 0 aromatic heterocycles. The first-order valence-corrected chi connectivity index (χ1v) is 5.52. The van der Waals surface area contributed by atoms with Crippen LogP contribution in [0, 0.1) is 0 Å². The maximum atomic E-state index is 11.7. The predicted molar refractivity (Wildman–Crippen MR) is 68.4 cm³/mol. The second-order valence-corrected chi connectivity index (χ2v) is 3.80. The van der Waals surface area contributed by atoms with Gasteiger partial charge >= 0.3 is 12.0 Å². The molecule has 0 aliphatic rings. The summed E-state index contributed by atoms with van der Waals surface area (Å²) >= 11 is 0. The molecular formula is C12H16N2O5. The number of benzene rings is 1. The number of methoxy groups -OCH3 is 1. The number of aliphatic hydroxyl groups excluding tert-OH is 1. The largest absolute Gasteiger partial charge is 0.497 e. The Morgan fingerprint density at radius 2 is 1.95 bits per heavy atom. The fourth-order valence-electron chi connectivity index (χ4n) is 1.31. The molecule has 0 saturated carbocycles. The van der Waals surface area contributed by atoms with Gasteiger partial charge in [0.1, 0.15) is 5.75 Å². The van der Waals surface area contributed by atoms with Crippen LogP contribution in [-0.4, -0.2) is 49.0 Å². The van der Waals surface area contributed by atoms with Crippen molar-refractivity contribution in [3.8, 4) is 5.75 Å². The lowest BCUT2D eigenvalue weighted by atomic mass is 10.3. The van der Waals surface area contributed by atoms with Gasteiger partial charge in [-0.2, -0.15) is 0 Å². The molecule has 0 bridgehead atoms. The number of aliphatic carboxylic acids is 1. The van der Waals surface area contributed by atoms with Crippen molar-refractivity contribution < 1.29 is 24.5 Å². The summed E-state index contributed by atoms with van der Waals surface area (Å²) in [5.41, 5.74) is 0.614. The molecule has 0 aliphatic heterocycles. The van der Waals surface area contributed by atoms with E-state index < -0.39 is 18.1 Å². The Hall–Kier alpha value is -2.28. The molecule has 7 nitrogen and oxygen atoms in total. The highest BCUT2D eigenvalue weighted by atomic mass is 16.5. The Morgan fingerprint density at radius 1 is 1.37 bits per heavy atom. The molecular weight excluding hydrogens is 252 g/mol. The molecule has 0 heterocycles. The van der Waals surface area contributed by atoms with Gasteiger partial charge in [0.05, 0.1) is 13.7 Å². The van der Waals surface area contributed by atoms with Gasteiger partial charge in [0, 0.05) is 12.7 Å². The number of carboxylic acid groups (broad SMARTS) is 1. The van der Waals surface area contributed by atoms with Crippen LogP contribution >= 0.6 is 0 Å². The third-order valence-corrected chi connectivity index (χ3v) is 2.50. The van der Waals surface area contributed by atoms with Crippen molar-refractivity contribution in [2.24, 2.45) is 0 Å². The van der Waals surface area contributed by atoms with E-state index in [1.54, 1.807) is 31.4 Å². The van der Waals surface area contributed by atoms with Crippen molar-refractivity contribution >= 4 is 17.7 Å². The van der Waals surface area contributed by atoms with Crippen LogP contribution < -0.4 is 15.0 Å². The molecule has 0 saturated heterocycles. The minimum Gasteiger partial charge on any atom is -0.497 e. The number of nitrogens with zero attached hydrogens (tertiary/aromatic N) is 1. The van der Waals surface area contributed by atoms with Crippen molar-refractivity contribution in [3.63, 3.8) is 0 Å². The summed E-state index contributed by atoms with van der Waals surface area (Å²) in [6.07, 6.45) is -1.62. The quantitative estimate of drug-likeness (QED) is 0.712. The zero-order valence-corrected chi connectivity index (χ0v) is 10.7. The van der Waals surface area contributed by atoms with Gasteiger partial charge in [0.25, 0.3) is 0 Å². The normalized spacial score (nSPS) is 11.5. The summed E-state index contributed by atoms with van der Waals surface area (Å²) in [6, 6.07) is 6.26. The SMILES string of the molecule is COc1ccc(N(C)C(=O)NCC(O)C(=O)O)cc1. The maximum Gasteiger partial charge on any atom is 0.334 e. The molecule has 0 radical (unpaired) electrons. The van der Waals surface area contributed by atoms with Crippen LogP contribution in [0.1, 0.15) is 0 Å². The van der Waals surface area contributed by atoms with Crippen LogP contribution in [0.4, 0.5) is 10.5 Å². The minimum atomic E-state index is -1.62. The lowest BCUT2D eigenvalue weighted by Crippen LogP contribution is -2.43.